The summed E-state index contributed by atoms with van der Waals surface area (Å²) < 4.78 is 6.04. The van der Waals surface area contributed by atoms with Gasteiger partial charge < -0.3 is 25.3 Å². The summed E-state index contributed by atoms with van der Waals surface area (Å²) in [6.07, 6.45) is 5.59. The Morgan fingerprint density at radius 3 is 2.62 bits per heavy atom. The molecule has 37 heavy (non-hydrogen) atoms. The maximum atomic E-state index is 13.1. The summed E-state index contributed by atoms with van der Waals surface area (Å²) in [6.45, 7) is 6.38. The molecule has 11 heteroatoms. The van der Waals surface area contributed by atoms with Crippen LogP contribution in [0.5, 0.6) is 0 Å². The predicted molar refractivity (Wildman–Crippen MR) is 142 cm³/mol. The molecule has 3 amide bonds. The van der Waals surface area contributed by atoms with Gasteiger partial charge in [0.25, 0.3) is 11.5 Å². The van der Waals surface area contributed by atoms with Gasteiger partial charge in [-0.15, -0.1) is 0 Å². The lowest BCUT2D eigenvalue weighted by molar-refractivity contribution is -0.137. The Morgan fingerprint density at radius 2 is 1.95 bits per heavy atom. The van der Waals surface area contributed by atoms with E-state index in [2.05, 4.69) is 29.8 Å². The van der Waals surface area contributed by atoms with E-state index in [1.165, 1.54) is 34.2 Å². The maximum absolute atomic E-state index is 13.1. The Kier molecular flexibility index (Phi) is 12.3. The molecule has 2 aromatic rings. The van der Waals surface area contributed by atoms with Crippen LogP contribution in [0.25, 0.3) is 0 Å². The highest BCUT2D eigenvalue weighted by atomic mass is 32.1. The molecule has 1 unspecified atom stereocenters. The SMILES string of the molecule is CCOC(=O)C=CCCC(NC(=O)c1ccsc1)C(=O)Nc1cccn(CC(=O)NCCC(C)C)c1=O. The van der Waals surface area contributed by atoms with Crippen molar-refractivity contribution in [1.29, 1.82) is 0 Å². The second-order valence-corrected chi connectivity index (χ2v) is 9.43. The number of hydrogen-bond acceptors (Lipinski definition) is 7. The van der Waals surface area contributed by atoms with Crippen LogP contribution in [0.1, 0.15) is 50.4 Å². The molecule has 0 spiro atoms. The number of anilines is 1. The second kappa shape index (κ2) is 15.4. The van der Waals surface area contributed by atoms with E-state index in [0.29, 0.717) is 24.4 Å². The van der Waals surface area contributed by atoms with Gasteiger partial charge in [0.05, 0.1) is 12.2 Å². The topological polar surface area (TPSA) is 136 Å². The van der Waals surface area contributed by atoms with Crippen LogP contribution in [-0.4, -0.2) is 47.5 Å². The molecule has 0 aliphatic rings. The molecular weight excluding hydrogens is 496 g/mol. The summed E-state index contributed by atoms with van der Waals surface area (Å²) in [5, 5.41) is 11.4. The second-order valence-electron chi connectivity index (χ2n) is 8.65. The lowest BCUT2D eigenvalue weighted by atomic mass is 10.1. The third-order valence-electron chi connectivity index (χ3n) is 5.20. The summed E-state index contributed by atoms with van der Waals surface area (Å²) in [4.78, 5) is 62.2. The van der Waals surface area contributed by atoms with Gasteiger partial charge in [0.15, 0.2) is 0 Å². The van der Waals surface area contributed by atoms with Crippen LogP contribution < -0.4 is 21.5 Å². The number of aromatic nitrogens is 1. The first-order valence-corrected chi connectivity index (χ1v) is 13.1. The molecule has 200 valence electrons. The van der Waals surface area contributed by atoms with Crippen molar-refractivity contribution in [3.8, 4) is 0 Å². The van der Waals surface area contributed by atoms with Gasteiger partial charge in [0.2, 0.25) is 11.8 Å². The molecule has 2 heterocycles. The molecule has 2 aromatic heterocycles. The van der Waals surface area contributed by atoms with Crippen LogP contribution >= 0.6 is 11.3 Å². The fraction of sp³-hybridized carbons (Fsp3) is 0.423. The van der Waals surface area contributed by atoms with Crippen molar-refractivity contribution >= 4 is 40.7 Å². The summed E-state index contributed by atoms with van der Waals surface area (Å²) in [5.41, 5.74) is -0.144. The first kappa shape index (κ1) is 29.5. The summed E-state index contributed by atoms with van der Waals surface area (Å²) >= 11 is 1.35. The molecule has 0 saturated carbocycles. The molecule has 0 radical (unpaired) electrons. The number of esters is 1. The largest absolute Gasteiger partial charge is 0.463 e. The number of nitrogens with zero attached hydrogens (tertiary/aromatic N) is 1. The number of ether oxygens (including phenoxy) is 1. The lowest BCUT2D eigenvalue weighted by Crippen LogP contribution is -2.44. The minimum absolute atomic E-state index is 0.0145. The van der Waals surface area contributed by atoms with Gasteiger partial charge in [-0.1, -0.05) is 19.9 Å². The van der Waals surface area contributed by atoms with E-state index in [9.17, 15) is 24.0 Å². The average Bonchev–Trinajstić information content (AvgIpc) is 3.38. The van der Waals surface area contributed by atoms with E-state index in [4.69, 9.17) is 4.74 Å². The Hall–Kier alpha value is -3.73. The van der Waals surface area contributed by atoms with E-state index in [0.717, 1.165) is 6.42 Å². The highest BCUT2D eigenvalue weighted by Crippen LogP contribution is 2.09. The standard InChI is InChI=1S/C26H34N4O6S/c1-4-36-23(32)10-6-5-8-20(28-24(33)19-12-15-37-17-19)25(34)29-21-9-7-14-30(26(21)35)16-22(31)27-13-11-18(2)3/h6-7,9-10,12,14-15,17-18,20H,4-5,8,11,13,16H2,1-3H3,(H,27,31)(H,28,33)(H,29,34). The van der Waals surface area contributed by atoms with Gasteiger partial charge in [-0.3, -0.25) is 19.2 Å². The highest BCUT2D eigenvalue weighted by Gasteiger charge is 2.22. The number of amides is 3. The van der Waals surface area contributed by atoms with Crippen molar-refractivity contribution in [3.05, 3.63) is 63.2 Å². The van der Waals surface area contributed by atoms with Crippen molar-refractivity contribution in [2.24, 2.45) is 5.92 Å². The number of carbonyl (C=O) groups excluding carboxylic acids is 4. The van der Waals surface area contributed by atoms with E-state index in [1.54, 1.807) is 35.9 Å². The number of rotatable bonds is 14. The van der Waals surface area contributed by atoms with Crippen molar-refractivity contribution in [2.45, 2.75) is 52.6 Å². The van der Waals surface area contributed by atoms with Gasteiger partial charge in [-0.05, 0) is 55.7 Å². The minimum atomic E-state index is -0.980. The Labute approximate surface area is 220 Å². The Bertz CT molecular complexity index is 1140. The summed E-state index contributed by atoms with van der Waals surface area (Å²) in [7, 11) is 0. The quantitative estimate of drug-likeness (QED) is 0.254. The van der Waals surface area contributed by atoms with Gasteiger partial charge in [-0.2, -0.15) is 11.3 Å². The first-order chi connectivity index (χ1) is 17.7. The van der Waals surface area contributed by atoms with Crippen LogP contribution in [0, 0.1) is 5.92 Å². The van der Waals surface area contributed by atoms with E-state index in [-0.39, 0.29) is 31.2 Å². The minimum Gasteiger partial charge on any atom is -0.463 e. The third-order valence-corrected chi connectivity index (χ3v) is 5.89. The third kappa shape index (κ3) is 10.4. The summed E-state index contributed by atoms with van der Waals surface area (Å²) in [5.74, 6) is -1.39. The number of pyridine rings is 1. The molecule has 3 N–H and O–H groups in total. The Morgan fingerprint density at radius 1 is 1.16 bits per heavy atom. The number of hydrogen-bond donors (Lipinski definition) is 3. The van der Waals surface area contributed by atoms with Gasteiger partial charge in [0.1, 0.15) is 18.3 Å². The van der Waals surface area contributed by atoms with Crippen molar-refractivity contribution in [2.75, 3.05) is 18.5 Å². The molecule has 0 aliphatic carbocycles. The molecule has 0 aromatic carbocycles. The van der Waals surface area contributed by atoms with Crippen LogP contribution in [0.15, 0.2) is 52.1 Å². The molecule has 2 rings (SSSR count). The number of nitrogens with one attached hydrogen (secondary N) is 3. The first-order valence-electron chi connectivity index (χ1n) is 12.1. The molecule has 0 saturated heterocycles. The average molecular weight is 531 g/mol. The van der Waals surface area contributed by atoms with Crippen LogP contribution in [-0.2, 0) is 25.7 Å². The van der Waals surface area contributed by atoms with Crippen LogP contribution in [0.4, 0.5) is 5.69 Å². The Balaban J connectivity index is 2.09. The lowest BCUT2D eigenvalue weighted by Gasteiger charge is -2.18. The monoisotopic (exact) mass is 530 g/mol. The fourth-order valence-corrected chi connectivity index (χ4v) is 3.86. The zero-order chi connectivity index (χ0) is 27.2. The van der Waals surface area contributed by atoms with Crippen LogP contribution in [0.2, 0.25) is 0 Å². The van der Waals surface area contributed by atoms with Gasteiger partial charge >= 0.3 is 5.97 Å². The predicted octanol–water partition coefficient (Wildman–Crippen LogP) is 2.71. The normalized spacial score (nSPS) is 11.8. The van der Waals surface area contributed by atoms with E-state index < -0.39 is 29.4 Å². The number of allylic oxidation sites excluding steroid dienone is 1. The van der Waals surface area contributed by atoms with Crippen molar-refractivity contribution < 1.29 is 23.9 Å². The molecule has 0 fully saturated rings. The molecular formula is C26H34N4O6S. The van der Waals surface area contributed by atoms with Gasteiger partial charge in [-0.25, -0.2) is 4.79 Å². The van der Waals surface area contributed by atoms with Crippen molar-refractivity contribution in [3.63, 3.8) is 0 Å². The number of carbonyl (C=O) groups is 4. The van der Waals surface area contributed by atoms with Crippen molar-refractivity contribution in [1.82, 2.24) is 15.2 Å². The van der Waals surface area contributed by atoms with Crippen LogP contribution in [0.3, 0.4) is 0 Å². The molecule has 10 nitrogen and oxygen atoms in total. The smallest absolute Gasteiger partial charge is 0.330 e. The number of thiophene rings is 1. The fourth-order valence-electron chi connectivity index (χ4n) is 3.22. The van der Waals surface area contributed by atoms with E-state index in [1.807, 2.05) is 0 Å². The van der Waals surface area contributed by atoms with Gasteiger partial charge in [0, 0.05) is 24.2 Å². The maximum Gasteiger partial charge on any atom is 0.330 e. The van der Waals surface area contributed by atoms with E-state index >= 15 is 0 Å². The molecule has 1 atom stereocenters. The highest BCUT2D eigenvalue weighted by molar-refractivity contribution is 7.08. The zero-order valence-corrected chi connectivity index (χ0v) is 22.1. The zero-order valence-electron chi connectivity index (χ0n) is 21.3. The molecule has 0 bridgehead atoms. The summed E-state index contributed by atoms with van der Waals surface area (Å²) in [6, 6.07) is 3.65. The molecule has 0 aliphatic heterocycles.